The molecule has 0 spiro atoms. The lowest BCUT2D eigenvalue weighted by Gasteiger charge is -2.33. The second-order valence-corrected chi connectivity index (χ2v) is 7.65. The number of aryl methyl sites for hydroxylation is 1. The van der Waals surface area contributed by atoms with Crippen LogP contribution in [0.15, 0.2) is 10.6 Å². The summed E-state index contributed by atoms with van der Waals surface area (Å²) < 4.78 is 5.28. The highest BCUT2D eigenvalue weighted by Crippen LogP contribution is 2.40. The standard InChI is InChI=1S/C19H23N3O4/c1-11-15-13(9-14(12-5-6-12)21-17(15)26-22-11)16(23)20-10-19(18(24)25)7-3-2-4-8-19/h9,12H,2-8,10H2,1H3,(H,20,23)(H,24,25). The van der Waals surface area contributed by atoms with Crippen molar-refractivity contribution in [3.63, 3.8) is 0 Å². The van der Waals surface area contributed by atoms with E-state index in [0.717, 1.165) is 37.8 Å². The van der Waals surface area contributed by atoms with Crippen LogP contribution in [0, 0.1) is 12.3 Å². The number of amides is 1. The molecule has 1 amide bonds. The second-order valence-electron chi connectivity index (χ2n) is 7.65. The predicted molar refractivity (Wildman–Crippen MR) is 94.0 cm³/mol. The molecular formula is C19H23N3O4. The van der Waals surface area contributed by atoms with Crippen LogP contribution in [0.1, 0.15) is 72.6 Å². The first-order valence-corrected chi connectivity index (χ1v) is 9.29. The maximum absolute atomic E-state index is 12.9. The first kappa shape index (κ1) is 17.0. The molecule has 2 heterocycles. The highest BCUT2D eigenvalue weighted by molar-refractivity contribution is 6.06. The molecule has 4 rings (SSSR count). The number of fused-ring (bicyclic) bond motifs is 1. The molecule has 2 fully saturated rings. The van der Waals surface area contributed by atoms with Gasteiger partial charge in [-0.25, -0.2) is 4.98 Å². The smallest absolute Gasteiger partial charge is 0.311 e. The van der Waals surface area contributed by atoms with Crippen LogP contribution < -0.4 is 5.32 Å². The molecule has 0 aliphatic heterocycles. The molecule has 0 atom stereocenters. The molecule has 2 N–H and O–H groups in total. The van der Waals surface area contributed by atoms with Crippen molar-refractivity contribution in [1.82, 2.24) is 15.5 Å². The molecule has 0 bridgehead atoms. The highest BCUT2D eigenvalue weighted by atomic mass is 16.5. The zero-order chi connectivity index (χ0) is 18.3. The van der Waals surface area contributed by atoms with Gasteiger partial charge in [0.15, 0.2) is 0 Å². The van der Waals surface area contributed by atoms with E-state index in [2.05, 4.69) is 15.5 Å². The minimum atomic E-state index is -0.858. The maximum atomic E-state index is 12.9. The minimum Gasteiger partial charge on any atom is -0.481 e. The number of carboxylic acid groups (broad SMARTS) is 1. The summed E-state index contributed by atoms with van der Waals surface area (Å²) in [6.45, 7) is 1.93. The monoisotopic (exact) mass is 357 g/mol. The third-order valence-corrected chi connectivity index (χ3v) is 5.73. The van der Waals surface area contributed by atoms with Gasteiger partial charge in [0.25, 0.3) is 11.6 Å². The molecule has 26 heavy (non-hydrogen) atoms. The first-order valence-electron chi connectivity index (χ1n) is 9.29. The van der Waals surface area contributed by atoms with Gasteiger partial charge in [0.2, 0.25) is 0 Å². The molecular weight excluding hydrogens is 334 g/mol. The highest BCUT2D eigenvalue weighted by Gasteiger charge is 2.40. The number of carboxylic acids is 1. The Kier molecular flexibility index (Phi) is 4.17. The quantitative estimate of drug-likeness (QED) is 0.851. The SMILES string of the molecule is Cc1noc2nc(C3CC3)cc(C(=O)NCC3(C(=O)O)CCCCC3)c12. The third-order valence-electron chi connectivity index (χ3n) is 5.73. The lowest BCUT2D eigenvalue weighted by atomic mass is 9.74. The normalized spacial score (nSPS) is 19.4. The van der Waals surface area contributed by atoms with Crippen LogP contribution in [-0.4, -0.2) is 33.7 Å². The lowest BCUT2D eigenvalue weighted by molar-refractivity contribution is -0.150. The summed E-state index contributed by atoms with van der Waals surface area (Å²) in [6, 6.07) is 1.81. The van der Waals surface area contributed by atoms with Crippen LogP contribution in [0.5, 0.6) is 0 Å². The van der Waals surface area contributed by atoms with E-state index in [1.54, 1.807) is 6.92 Å². The summed E-state index contributed by atoms with van der Waals surface area (Å²) in [6.07, 6.45) is 6.17. The molecule has 0 radical (unpaired) electrons. The van der Waals surface area contributed by atoms with Crippen LogP contribution in [0.3, 0.4) is 0 Å². The van der Waals surface area contributed by atoms with Gasteiger partial charge < -0.3 is 14.9 Å². The fourth-order valence-corrected chi connectivity index (χ4v) is 3.92. The van der Waals surface area contributed by atoms with Gasteiger partial charge in [-0.05, 0) is 38.7 Å². The number of nitrogens with one attached hydrogen (secondary N) is 1. The Morgan fingerprint density at radius 3 is 2.69 bits per heavy atom. The Hall–Kier alpha value is -2.44. The Morgan fingerprint density at radius 2 is 2.04 bits per heavy atom. The summed E-state index contributed by atoms with van der Waals surface area (Å²) >= 11 is 0. The van der Waals surface area contributed by atoms with Gasteiger partial charge in [-0.2, -0.15) is 0 Å². The fourth-order valence-electron chi connectivity index (χ4n) is 3.92. The van der Waals surface area contributed by atoms with Gasteiger partial charge in [0.05, 0.1) is 22.1 Å². The van der Waals surface area contributed by atoms with Crippen molar-refractivity contribution in [2.24, 2.45) is 5.41 Å². The molecule has 0 unspecified atom stereocenters. The zero-order valence-electron chi connectivity index (χ0n) is 14.9. The molecule has 0 saturated heterocycles. The Morgan fingerprint density at radius 1 is 1.31 bits per heavy atom. The molecule has 2 aromatic rings. The average molecular weight is 357 g/mol. The summed E-state index contributed by atoms with van der Waals surface area (Å²) in [7, 11) is 0. The van der Waals surface area contributed by atoms with Gasteiger partial charge in [0.1, 0.15) is 0 Å². The van der Waals surface area contributed by atoms with Crippen molar-refractivity contribution in [2.75, 3.05) is 6.54 Å². The second kappa shape index (κ2) is 6.37. The van der Waals surface area contributed by atoms with Gasteiger partial charge in [-0.3, -0.25) is 9.59 Å². The Balaban J connectivity index is 1.61. The molecule has 7 heteroatoms. The lowest BCUT2D eigenvalue weighted by Crippen LogP contribution is -2.44. The van der Waals surface area contributed by atoms with E-state index < -0.39 is 11.4 Å². The third kappa shape index (κ3) is 2.95. The van der Waals surface area contributed by atoms with Crippen molar-refractivity contribution in [3.05, 3.63) is 23.0 Å². The van der Waals surface area contributed by atoms with Crippen LogP contribution >= 0.6 is 0 Å². The van der Waals surface area contributed by atoms with Crippen molar-refractivity contribution in [1.29, 1.82) is 0 Å². The summed E-state index contributed by atoms with van der Waals surface area (Å²) in [5, 5.41) is 17.1. The molecule has 2 aliphatic carbocycles. The van der Waals surface area contributed by atoms with E-state index in [0.29, 0.717) is 41.1 Å². The van der Waals surface area contributed by atoms with E-state index in [1.807, 2.05) is 6.07 Å². The number of hydrogen-bond donors (Lipinski definition) is 2. The first-order chi connectivity index (χ1) is 12.5. The molecule has 138 valence electrons. The van der Waals surface area contributed by atoms with E-state index in [4.69, 9.17) is 4.52 Å². The van der Waals surface area contributed by atoms with Gasteiger partial charge >= 0.3 is 5.97 Å². The molecule has 0 aromatic carbocycles. The van der Waals surface area contributed by atoms with Gasteiger partial charge in [-0.1, -0.05) is 24.4 Å². The molecule has 2 aromatic heterocycles. The van der Waals surface area contributed by atoms with Gasteiger partial charge in [-0.15, -0.1) is 0 Å². The van der Waals surface area contributed by atoms with E-state index in [1.165, 1.54) is 0 Å². The van der Waals surface area contributed by atoms with E-state index in [-0.39, 0.29) is 12.5 Å². The van der Waals surface area contributed by atoms with Crippen molar-refractivity contribution in [3.8, 4) is 0 Å². The van der Waals surface area contributed by atoms with Crippen LogP contribution in [0.2, 0.25) is 0 Å². The number of carbonyl (C=O) groups is 2. The zero-order valence-corrected chi connectivity index (χ0v) is 14.9. The molecule has 7 nitrogen and oxygen atoms in total. The van der Waals surface area contributed by atoms with E-state index >= 15 is 0 Å². The fraction of sp³-hybridized carbons (Fsp3) is 0.579. The van der Waals surface area contributed by atoms with Crippen LogP contribution in [0.25, 0.3) is 11.1 Å². The summed E-state index contributed by atoms with van der Waals surface area (Å²) in [5.74, 6) is -0.728. The van der Waals surface area contributed by atoms with Crippen molar-refractivity contribution >= 4 is 23.0 Å². The van der Waals surface area contributed by atoms with Crippen molar-refractivity contribution in [2.45, 2.75) is 57.8 Å². The van der Waals surface area contributed by atoms with Crippen LogP contribution in [-0.2, 0) is 4.79 Å². The molecule has 2 aliphatic rings. The number of hydrogen-bond acceptors (Lipinski definition) is 5. The average Bonchev–Trinajstić information content (AvgIpc) is 3.43. The Labute approximate surface area is 151 Å². The largest absolute Gasteiger partial charge is 0.481 e. The number of pyridine rings is 1. The van der Waals surface area contributed by atoms with Crippen LogP contribution in [0.4, 0.5) is 0 Å². The predicted octanol–water partition coefficient (Wildman–Crippen LogP) is 3.17. The summed E-state index contributed by atoms with van der Waals surface area (Å²) in [5.41, 5.74) is 1.47. The Bertz CT molecular complexity index is 863. The number of aromatic nitrogens is 2. The topological polar surface area (TPSA) is 105 Å². The number of rotatable bonds is 5. The van der Waals surface area contributed by atoms with E-state index in [9.17, 15) is 14.7 Å². The summed E-state index contributed by atoms with van der Waals surface area (Å²) in [4.78, 5) is 29.2. The molecule has 2 saturated carbocycles. The number of aliphatic carboxylic acids is 1. The number of nitrogens with zero attached hydrogens (tertiary/aromatic N) is 2. The maximum Gasteiger partial charge on any atom is 0.311 e. The van der Waals surface area contributed by atoms with Gasteiger partial charge in [0, 0.05) is 18.2 Å². The van der Waals surface area contributed by atoms with Crippen molar-refractivity contribution < 1.29 is 19.2 Å². The number of carbonyl (C=O) groups excluding carboxylic acids is 1. The minimum absolute atomic E-state index is 0.147.